The van der Waals surface area contributed by atoms with Gasteiger partial charge in [-0.25, -0.2) is 17.8 Å². The fraction of sp³-hybridized carbons (Fsp3) is 0.250. The van der Waals surface area contributed by atoms with Gasteiger partial charge in [-0.05, 0) is 37.1 Å². The van der Waals surface area contributed by atoms with Crippen LogP contribution in [0.15, 0.2) is 59.1 Å². The molecule has 1 N–H and O–H groups in total. The number of nitrogens with one attached hydrogen (secondary N) is 1. The average molecular weight is 447 g/mol. The van der Waals surface area contributed by atoms with Gasteiger partial charge in [0.1, 0.15) is 10.7 Å². The molecule has 0 radical (unpaired) electrons. The third-order valence-corrected chi connectivity index (χ3v) is 7.66. The molecule has 0 bridgehead atoms. The number of hydrogen-bond acceptors (Lipinski definition) is 6. The highest BCUT2D eigenvalue weighted by Gasteiger charge is 2.33. The van der Waals surface area contributed by atoms with Gasteiger partial charge in [0.2, 0.25) is 15.9 Å². The number of amides is 1. The summed E-state index contributed by atoms with van der Waals surface area (Å²) in [5.74, 6) is -1.29. The number of halogens is 1. The number of carbonyl (C=O) groups excluding carboxylic acids is 1. The van der Waals surface area contributed by atoms with Crippen molar-refractivity contribution in [2.45, 2.75) is 17.7 Å². The van der Waals surface area contributed by atoms with Crippen molar-refractivity contribution >= 4 is 32.4 Å². The van der Waals surface area contributed by atoms with E-state index >= 15 is 0 Å². The molecule has 1 amide bonds. The van der Waals surface area contributed by atoms with E-state index in [2.05, 4.69) is 15.3 Å². The molecule has 30 heavy (non-hydrogen) atoms. The minimum atomic E-state index is -3.92. The van der Waals surface area contributed by atoms with Gasteiger partial charge in [-0.15, -0.1) is 11.3 Å². The van der Waals surface area contributed by atoms with E-state index in [4.69, 9.17) is 0 Å². The van der Waals surface area contributed by atoms with Crippen molar-refractivity contribution in [2.75, 3.05) is 18.4 Å². The molecule has 1 saturated heterocycles. The Morgan fingerprint density at radius 1 is 1.17 bits per heavy atom. The molecule has 3 heterocycles. The smallest absolute Gasteiger partial charge is 0.245 e. The molecule has 1 aliphatic rings. The Hall–Kier alpha value is -2.69. The third kappa shape index (κ3) is 4.25. The molecule has 3 aromatic rings. The van der Waals surface area contributed by atoms with Crippen LogP contribution in [0.4, 0.5) is 9.52 Å². The molecule has 1 fully saturated rings. The number of anilines is 1. The van der Waals surface area contributed by atoms with Gasteiger partial charge in [0.15, 0.2) is 5.13 Å². The Kier molecular flexibility index (Phi) is 5.89. The first-order valence-corrected chi connectivity index (χ1v) is 11.7. The van der Waals surface area contributed by atoms with Gasteiger partial charge in [-0.2, -0.15) is 4.31 Å². The zero-order valence-electron chi connectivity index (χ0n) is 15.9. The van der Waals surface area contributed by atoms with Gasteiger partial charge in [0.05, 0.1) is 5.69 Å². The number of pyridine rings is 1. The number of hydrogen-bond donors (Lipinski definition) is 1. The van der Waals surface area contributed by atoms with E-state index in [0.717, 1.165) is 17.3 Å². The lowest BCUT2D eigenvalue weighted by Crippen LogP contribution is -2.41. The molecule has 1 aliphatic heterocycles. The molecule has 156 valence electrons. The highest BCUT2D eigenvalue weighted by molar-refractivity contribution is 7.89. The average Bonchev–Trinajstić information content (AvgIpc) is 3.23. The summed E-state index contributed by atoms with van der Waals surface area (Å²) >= 11 is 1.32. The summed E-state index contributed by atoms with van der Waals surface area (Å²) in [7, 11) is -3.92. The number of carbonyl (C=O) groups is 1. The summed E-state index contributed by atoms with van der Waals surface area (Å²) in [6.07, 6.45) is 4.10. The lowest BCUT2D eigenvalue weighted by Gasteiger charge is -2.30. The van der Waals surface area contributed by atoms with Crippen LogP contribution in [0, 0.1) is 11.7 Å². The van der Waals surface area contributed by atoms with E-state index in [0.29, 0.717) is 18.0 Å². The summed E-state index contributed by atoms with van der Waals surface area (Å²) in [6, 6.07) is 9.02. The quantitative estimate of drug-likeness (QED) is 0.649. The summed E-state index contributed by atoms with van der Waals surface area (Å²) in [5.41, 5.74) is 1.59. The van der Waals surface area contributed by atoms with Crippen molar-refractivity contribution in [3.63, 3.8) is 0 Å². The Labute approximate surface area is 177 Å². The van der Waals surface area contributed by atoms with Gasteiger partial charge >= 0.3 is 0 Å². The number of nitrogens with zero attached hydrogens (tertiary/aromatic N) is 3. The van der Waals surface area contributed by atoms with Crippen LogP contribution in [0.3, 0.4) is 0 Å². The van der Waals surface area contributed by atoms with E-state index in [1.807, 2.05) is 17.5 Å². The SMILES string of the molecule is O=C(Nc1nc(-c2cccnc2)cs1)C1CCN(S(=O)(=O)c2ccccc2F)CC1. The summed E-state index contributed by atoms with van der Waals surface area (Å²) in [6.45, 7) is 0.321. The normalized spacial score (nSPS) is 15.8. The first-order valence-electron chi connectivity index (χ1n) is 9.36. The van der Waals surface area contributed by atoms with E-state index in [1.54, 1.807) is 12.4 Å². The number of benzene rings is 1. The molecule has 0 spiro atoms. The van der Waals surface area contributed by atoms with E-state index in [9.17, 15) is 17.6 Å². The van der Waals surface area contributed by atoms with Crippen LogP contribution in [0.1, 0.15) is 12.8 Å². The molecular formula is C20H19FN4O3S2. The van der Waals surface area contributed by atoms with Crippen molar-refractivity contribution in [3.05, 3.63) is 60.0 Å². The maximum Gasteiger partial charge on any atom is 0.245 e. The van der Waals surface area contributed by atoms with Crippen LogP contribution in [0.5, 0.6) is 0 Å². The van der Waals surface area contributed by atoms with Crippen LogP contribution < -0.4 is 5.32 Å². The second-order valence-electron chi connectivity index (χ2n) is 6.88. The molecule has 0 saturated carbocycles. The maximum atomic E-state index is 13.9. The van der Waals surface area contributed by atoms with Crippen molar-refractivity contribution in [1.29, 1.82) is 0 Å². The summed E-state index contributed by atoms with van der Waals surface area (Å²) in [4.78, 5) is 20.8. The molecule has 0 atom stereocenters. The predicted molar refractivity (Wildman–Crippen MR) is 112 cm³/mol. The van der Waals surface area contributed by atoms with Crippen molar-refractivity contribution in [3.8, 4) is 11.3 Å². The van der Waals surface area contributed by atoms with Crippen molar-refractivity contribution in [1.82, 2.24) is 14.3 Å². The van der Waals surface area contributed by atoms with E-state index in [-0.39, 0.29) is 29.8 Å². The monoisotopic (exact) mass is 446 g/mol. The first kappa shape index (κ1) is 20.6. The number of sulfonamides is 1. The van der Waals surface area contributed by atoms with Gasteiger partial charge in [0.25, 0.3) is 0 Å². The van der Waals surface area contributed by atoms with Gasteiger partial charge < -0.3 is 5.32 Å². The summed E-state index contributed by atoms with van der Waals surface area (Å²) < 4.78 is 40.5. The molecule has 0 unspecified atom stereocenters. The van der Waals surface area contributed by atoms with Crippen LogP contribution in [0.25, 0.3) is 11.3 Å². The molecule has 7 nitrogen and oxygen atoms in total. The highest BCUT2D eigenvalue weighted by atomic mass is 32.2. The number of piperidine rings is 1. The third-order valence-electron chi connectivity index (χ3n) is 4.97. The topological polar surface area (TPSA) is 92.3 Å². The lowest BCUT2D eigenvalue weighted by atomic mass is 9.97. The first-order chi connectivity index (χ1) is 14.4. The van der Waals surface area contributed by atoms with Crippen LogP contribution in [0.2, 0.25) is 0 Å². The van der Waals surface area contributed by atoms with Crippen molar-refractivity contribution in [2.24, 2.45) is 5.92 Å². The predicted octanol–water partition coefficient (Wildman–Crippen LogP) is 3.38. The molecule has 4 rings (SSSR count). The second kappa shape index (κ2) is 8.58. The molecule has 1 aromatic carbocycles. The van der Waals surface area contributed by atoms with Gasteiger partial charge in [0, 0.05) is 42.3 Å². The standard InChI is InChI=1S/C20H19FN4O3S2/c21-16-5-1-2-6-18(16)30(27,28)25-10-7-14(8-11-25)19(26)24-20-23-17(13-29-20)15-4-3-9-22-12-15/h1-6,9,12-14H,7-8,10-11H2,(H,23,24,26). The largest absolute Gasteiger partial charge is 0.302 e. The minimum absolute atomic E-state index is 0.160. The fourth-order valence-corrected chi connectivity index (χ4v) is 5.59. The van der Waals surface area contributed by atoms with Crippen LogP contribution >= 0.6 is 11.3 Å². The minimum Gasteiger partial charge on any atom is -0.302 e. The maximum absolute atomic E-state index is 13.9. The van der Waals surface area contributed by atoms with Crippen LogP contribution in [-0.2, 0) is 14.8 Å². The van der Waals surface area contributed by atoms with Gasteiger partial charge in [-0.3, -0.25) is 9.78 Å². The van der Waals surface area contributed by atoms with Gasteiger partial charge in [-0.1, -0.05) is 12.1 Å². The number of rotatable bonds is 5. The van der Waals surface area contributed by atoms with Crippen LogP contribution in [-0.4, -0.2) is 41.7 Å². The fourth-order valence-electron chi connectivity index (χ4n) is 3.34. The Morgan fingerprint density at radius 3 is 2.63 bits per heavy atom. The van der Waals surface area contributed by atoms with Crippen molar-refractivity contribution < 1.29 is 17.6 Å². The second-order valence-corrected chi connectivity index (χ2v) is 9.64. The Bertz CT molecular complexity index is 1140. The zero-order chi connectivity index (χ0) is 21.1. The Morgan fingerprint density at radius 2 is 1.93 bits per heavy atom. The van der Waals surface area contributed by atoms with E-state index in [1.165, 1.54) is 33.8 Å². The zero-order valence-corrected chi connectivity index (χ0v) is 17.5. The number of thiazole rings is 1. The molecule has 0 aliphatic carbocycles. The molecule has 10 heteroatoms. The summed E-state index contributed by atoms with van der Waals surface area (Å²) in [5, 5.41) is 5.15. The molecular weight excluding hydrogens is 427 g/mol. The number of aromatic nitrogens is 2. The highest BCUT2D eigenvalue weighted by Crippen LogP contribution is 2.28. The van der Waals surface area contributed by atoms with E-state index < -0.39 is 15.8 Å². The molecule has 2 aromatic heterocycles. The lowest BCUT2D eigenvalue weighted by molar-refractivity contribution is -0.120. The Balaban J connectivity index is 1.37.